The highest BCUT2D eigenvalue weighted by atomic mass is 16.5. The molecular weight excluding hydrogens is 218 g/mol. The Morgan fingerprint density at radius 3 is 2.94 bits per heavy atom. The minimum Gasteiger partial charge on any atom is -0.497 e. The summed E-state index contributed by atoms with van der Waals surface area (Å²) >= 11 is 0. The smallest absolute Gasteiger partial charge is 0.382 e. The summed E-state index contributed by atoms with van der Waals surface area (Å²) in [5, 5.41) is 10.2. The lowest BCUT2D eigenvalue weighted by atomic mass is 10.1. The molecule has 1 aromatic carbocycles. The van der Waals surface area contributed by atoms with Gasteiger partial charge < -0.3 is 9.84 Å². The number of hydrogen-bond donors (Lipinski definition) is 1. The number of rotatable bonds is 1. The molecule has 0 saturated heterocycles. The van der Waals surface area contributed by atoms with E-state index in [4.69, 9.17) is 9.84 Å². The van der Waals surface area contributed by atoms with Crippen molar-refractivity contribution in [1.29, 1.82) is 0 Å². The first-order chi connectivity index (χ1) is 8.20. The Morgan fingerprint density at radius 2 is 2.24 bits per heavy atom. The van der Waals surface area contributed by atoms with Gasteiger partial charge in [0.2, 0.25) is 0 Å². The molecule has 1 heterocycles. The molecule has 17 heavy (non-hydrogen) atoms. The van der Waals surface area contributed by atoms with Crippen LogP contribution in [-0.2, 0) is 4.79 Å². The van der Waals surface area contributed by atoms with Crippen molar-refractivity contribution in [3.8, 4) is 17.6 Å². The van der Waals surface area contributed by atoms with E-state index in [-0.39, 0.29) is 0 Å². The Morgan fingerprint density at radius 1 is 1.41 bits per heavy atom. The van der Waals surface area contributed by atoms with Crippen LogP contribution in [0.3, 0.4) is 0 Å². The van der Waals surface area contributed by atoms with Gasteiger partial charge in [-0.3, -0.25) is 0 Å². The van der Waals surface area contributed by atoms with Crippen LogP contribution in [0.1, 0.15) is 5.69 Å². The molecule has 0 aliphatic rings. The van der Waals surface area contributed by atoms with Crippen molar-refractivity contribution in [1.82, 2.24) is 4.98 Å². The number of carboxylic acid groups (broad SMARTS) is 1. The molecule has 84 valence electrons. The normalized spacial score (nSPS) is 9.47. The minimum absolute atomic E-state index is 0.434. The number of nitrogens with zero attached hydrogens (tertiary/aromatic N) is 1. The van der Waals surface area contributed by atoms with Gasteiger partial charge in [-0.25, -0.2) is 9.78 Å². The molecule has 0 fully saturated rings. The molecular formula is C13H9NO3. The van der Waals surface area contributed by atoms with E-state index in [1.54, 1.807) is 19.4 Å². The highest BCUT2D eigenvalue weighted by molar-refractivity contribution is 5.91. The van der Waals surface area contributed by atoms with Gasteiger partial charge >= 0.3 is 5.97 Å². The van der Waals surface area contributed by atoms with Crippen molar-refractivity contribution in [2.24, 2.45) is 0 Å². The van der Waals surface area contributed by atoms with Gasteiger partial charge in [0.1, 0.15) is 11.4 Å². The number of carboxylic acids is 1. The molecule has 0 radical (unpaired) electrons. The second-order valence-electron chi connectivity index (χ2n) is 3.30. The van der Waals surface area contributed by atoms with Gasteiger partial charge in [0.15, 0.2) is 0 Å². The summed E-state index contributed by atoms with van der Waals surface area (Å²) in [5.74, 6) is 4.09. The van der Waals surface area contributed by atoms with Crippen molar-refractivity contribution in [3.63, 3.8) is 0 Å². The maximum atomic E-state index is 10.4. The lowest BCUT2D eigenvalue weighted by Crippen LogP contribution is -1.90. The third kappa shape index (κ3) is 2.34. The predicted octanol–water partition coefficient (Wildman–Crippen LogP) is 1.68. The second kappa shape index (κ2) is 4.54. The molecule has 0 unspecified atom stereocenters. The van der Waals surface area contributed by atoms with E-state index < -0.39 is 5.97 Å². The fourth-order valence-corrected chi connectivity index (χ4v) is 1.49. The number of aliphatic carboxylic acids is 1. The first kappa shape index (κ1) is 11.0. The fraction of sp³-hybridized carbons (Fsp3) is 0.0769. The van der Waals surface area contributed by atoms with Crippen LogP contribution in [0.4, 0.5) is 0 Å². The van der Waals surface area contributed by atoms with Crippen molar-refractivity contribution in [2.75, 3.05) is 7.11 Å². The Balaban J connectivity index is 2.63. The Labute approximate surface area is 97.9 Å². The molecule has 4 heteroatoms. The summed E-state index contributed by atoms with van der Waals surface area (Å²) in [4.78, 5) is 14.5. The van der Waals surface area contributed by atoms with Crippen LogP contribution in [0.2, 0.25) is 0 Å². The largest absolute Gasteiger partial charge is 0.497 e. The molecule has 2 aromatic rings. The Hall–Kier alpha value is -2.54. The van der Waals surface area contributed by atoms with Crippen LogP contribution in [0.15, 0.2) is 30.5 Å². The molecule has 1 aromatic heterocycles. The van der Waals surface area contributed by atoms with E-state index >= 15 is 0 Å². The van der Waals surface area contributed by atoms with Crippen molar-refractivity contribution in [2.45, 2.75) is 0 Å². The first-order valence-corrected chi connectivity index (χ1v) is 4.88. The molecule has 0 saturated carbocycles. The topological polar surface area (TPSA) is 59.4 Å². The Kier molecular flexibility index (Phi) is 2.93. The number of pyridine rings is 1. The number of ether oxygens (including phenoxy) is 1. The SMILES string of the molecule is COc1ccc2ccnc(C#CC(=O)O)c2c1. The average Bonchev–Trinajstić information content (AvgIpc) is 2.35. The van der Waals surface area contributed by atoms with Gasteiger partial charge in [0.25, 0.3) is 0 Å². The summed E-state index contributed by atoms with van der Waals surface area (Å²) in [6.45, 7) is 0. The fourth-order valence-electron chi connectivity index (χ4n) is 1.49. The standard InChI is InChI=1S/C13H9NO3/c1-17-10-3-2-9-6-7-14-12(11(9)8-10)4-5-13(15)16/h2-3,6-8H,1H3,(H,15,16). The zero-order chi connectivity index (χ0) is 12.3. The van der Waals surface area contributed by atoms with Crippen LogP contribution in [-0.4, -0.2) is 23.2 Å². The van der Waals surface area contributed by atoms with Crippen molar-refractivity contribution in [3.05, 3.63) is 36.2 Å². The van der Waals surface area contributed by atoms with E-state index in [9.17, 15) is 4.79 Å². The third-order valence-corrected chi connectivity index (χ3v) is 2.26. The molecule has 2 rings (SSSR count). The van der Waals surface area contributed by atoms with E-state index in [0.29, 0.717) is 11.4 Å². The number of aromatic nitrogens is 1. The molecule has 0 aliphatic heterocycles. The van der Waals surface area contributed by atoms with E-state index in [0.717, 1.165) is 10.8 Å². The van der Waals surface area contributed by atoms with Crippen LogP contribution < -0.4 is 4.74 Å². The maximum absolute atomic E-state index is 10.4. The van der Waals surface area contributed by atoms with E-state index in [1.807, 2.05) is 18.2 Å². The lowest BCUT2D eigenvalue weighted by Gasteiger charge is -2.03. The van der Waals surface area contributed by atoms with Gasteiger partial charge in [-0.2, -0.15) is 0 Å². The highest BCUT2D eigenvalue weighted by Crippen LogP contribution is 2.22. The zero-order valence-corrected chi connectivity index (χ0v) is 9.10. The van der Waals surface area contributed by atoms with E-state index in [2.05, 4.69) is 16.8 Å². The molecule has 0 atom stereocenters. The van der Waals surface area contributed by atoms with Gasteiger partial charge in [0.05, 0.1) is 7.11 Å². The number of methoxy groups -OCH3 is 1. The number of carbonyl (C=O) groups is 1. The second-order valence-corrected chi connectivity index (χ2v) is 3.30. The molecule has 0 amide bonds. The van der Waals surface area contributed by atoms with Crippen molar-refractivity contribution >= 4 is 16.7 Å². The molecule has 1 N–H and O–H groups in total. The van der Waals surface area contributed by atoms with Gasteiger partial charge in [-0.1, -0.05) is 6.07 Å². The summed E-state index contributed by atoms with van der Waals surface area (Å²) in [5.41, 5.74) is 0.434. The monoisotopic (exact) mass is 227 g/mol. The Bertz CT molecular complexity index is 638. The average molecular weight is 227 g/mol. The summed E-state index contributed by atoms with van der Waals surface area (Å²) in [6, 6.07) is 7.33. The summed E-state index contributed by atoms with van der Waals surface area (Å²) in [6.07, 6.45) is 1.60. The number of fused-ring (bicyclic) bond motifs is 1. The van der Waals surface area contributed by atoms with Gasteiger partial charge in [-0.05, 0) is 29.5 Å². The molecule has 0 spiro atoms. The number of benzene rings is 1. The zero-order valence-electron chi connectivity index (χ0n) is 9.10. The van der Waals surface area contributed by atoms with E-state index in [1.165, 1.54) is 0 Å². The maximum Gasteiger partial charge on any atom is 0.382 e. The lowest BCUT2D eigenvalue weighted by molar-refractivity contribution is -0.130. The van der Waals surface area contributed by atoms with Crippen LogP contribution >= 0.6 is 0 Å². The highest BCUT2D eigenvalue weighted by Gasteiger charge is 2.02. The predicted molar refractivity (Wildman–Crippen MR) is 62.8 cm³/mol. The van der Waals surface area contributed by atoms with Gasteiger partial charge in [-0.15, -0.1) is 0 Å². The molecule has 0 bridgehead atoms. The number of hydrogen-bond acceptors (Lipinski definition) is 3. The summed E-state index contributed by atoms with van der Waals surface area (Å²) < 4.78 is 5.11. The van der Waals surface area contributed by atoms with Crippen LogP contribution in [0, 0.1) is 11.8 Å². The minimum atomic E-state index is -1.17. The first-order valence-electron chi connectivity index (χ1n) is 4.88. The molecule has 0 aliphatic carbocycles. The summed E-state index contributed by atoms with van der Waals surface area (Å²) in [7, 11) is 1.57. The third-order valence-electron chi connectivity index (χ3n) is 2.26. The van der Waals surface area contributed by atoms with Crippen LogP contribution in [0.25, 0.3) is 10.8 Å². The molecule has 4 nitrogen and oxygen atoms in total. The van der Waals surface area contributed by atoms with Crippen molar-refractivity contribution < 1.29 is 14.6 Å². The van der Waals surface area contributed by atoms with Crippen LogP contribution in [0.5, 0.6) is 5.75 Å². The quantitative estimate of drug-likeness (QED) is 0.753. The van der Waals surface area contributed by atoms with Gasteiger partial charge in [0, 0.05) is 17.5 Å².